The van der Waals surface area contributed by atoms with E-state index in [4.69, 9.17) is 9.47 Å². The van der Waals surface area contributed by atoms with Crippen molar-refractivity contribution in [2.75, 3.05) is 18.6 Å². The summed E-state index contributed by atoms with van der Waals surface area (Å²) in [5, 5.41) is 0. The van der Waals surface area contributed by atoms with Crippen LogP contribution in [0.4, 0.5) is 10.1 Å². The third-order valence-corrected chi connectivity index (χ3v) is 5.86. The van der Waals surface area contributed by atoms with Crippen LogP contribution in [0.3, 0.4) is 0 Å². The fourth-order valence-corrected chi connectivity index (χ4v) is 4.59. The molecule has 6 heteroatoms. The molecule has 2 aromatic rings. The summed E-state index contributed by atoms with van der Waals surface area (Å²) in [6.45, 7) is 3.84. The van der Waals surface area contributed by atoms with Crippen molar-refractivity contribution >= 4 is 17.6 Å². The van der Waals surface area contributed by atoms with Gasteiger partial charge in [0.1, 0.15) is 17.5 Å². The Morgan fingerprint density at radius 2 is 2.07 bits per heavy atom. The van der Waals surface area contributed by atoms with E-state index in [-0.39, 0.29) is 24.4 Å². The average Bonchev–Trinajstić information content (AvgIpc) is 2.71. The normalized spacial score (nSPS) is 22.8. The van der Waals surface area contributed by atoms with Crippen molar-refractivity contribution in [3.8, 4) is 5.75 Å². The molecule has 29 heavy (non-hydrogen) atoms. The van der Waals surface area contributed by atoms with Crippen LogP contribution in [0.15, 0.2) is 36.4 Å². The van der Waals surface area contributed by atoms with Crippen LogP contribution in [-0.4, -0.2) is 31.6 Å². The fraction of sp³-hybridized carbons (Fsp3) is 0.391. The van der Waals surface area contributed by atoms with Crippen molar-refractivity contribution in [3.05, 3.63) is 58.9 Å². The molecule has 0 radical (unpaired) electrons. The van der Waals surface area contributed by atoms with E-state index in [2.05, 4.69) is 0 Å². The lowest BCUT2D eigenvalue weighted by atomic mass is 9.73. The SMILES string of the molecule is CCOC(=O)C1C(=O)N2c3c(cc(F)cc3C1c1cccc(OC)c1)CCC2C. The molecule has 0 bridgehead atoms. The van der Waals surface area contributed by atoms with Crippen molar-refractivity contribution in [1.29, 1.82) is 0 Å². The second kappa shape index (κ2) is 7.50. The lowest BCUT2D eigenvalue weighted by Gasteiger charge is -2.45. The van der Waals surface area contributed by atoms with Crippen LogP contribution in [0.1, 0.15) is 42.9 Å². The Balaban J connectivity index is 1.98. The van der Waals surface area contributed by atoms with Crippen LogP contribution < -0.4 is 9.64 Å². The molecule has 0 aromatic heterocycles. The Labute approximate surface area is 169 Å². The van der Waals surface area contributed by atoms with E-state index >= 15 is 0 Å². The van der Waals surface area contributed by atoms with Gasteiger partial charge in [-0.2, -0.15) is 0 Å². The van der Waals surface area contributed by atoms with Crippen molar-refractivity contribution in [3.63, 3.8) is 0 Å². The lowest BCUT2D eigenvalue weighted by Crippen LogP contribution is -2.53. The number of carbonyl (C=O) groups is 2. The number of benzene rings is 2. The molecular weight excluding hydrogens is 373 g/mol. The number of hydrogen-bond donors (Lipinski definition) is 0. The van der Waals surface area contributed by atoms with Gasteiger partial charge in [-0.15, -0.1) is 0 Å². The maximum atomic E-state index is 14.6. The molecular formula is C23H24FNO4. The molecule has 2 aliphatic rings. The summed E-state index contributed by atoms with van der Waals surface area (Å²) in [5.41, 5.74) is 2.92. The number of amides is 1. The fourth-order valence-electron chi connectivity index (χ4n) is 4.59. The predicted molar refractivity (Wildman–Crippen MR) is 107 cm³/mol. The van der Waals surface area contributed by atoms with Crippen LogP contribution in [0.5, 0.6) is 5.75 Å². The minimum Gasteiger partial charge on any atom is -0.497 e. The number of anilines is 1. The zero-order valence-corrected chi connectivity index (χ0v) is 16.8. The first-order valence-electron chi connectivity index (χ1n) is 9.92. The summed E-state index contributed by atoms with van der Waals surface area (Å²) in [5.74, 6) is -2.33. The predicted octanol–water partition coefficient (Wildman–Crippen LogP) is 3.83. The summed E-state index contributed by atoms with van der Waals surface area (Å²) >= 11 is 0. The quantitative estimate of drug-likeness (QED) is 0.581. The van der Waals surface area contributed by atoms with E-state index in [0.717, 1.165) is 23.2 Å². The minimum atomic E-state index is -1.07. The summed E-state index contributed by atoms with van der Waals surface area (Å²) in [4.78, 5) is 28.1. The third kappa shape index (κ3) is 3.16. The van der Waals surface area contributed by atoms with Crippen LogP contribution >= 0.6 is 0 Å². The second-order valence-corrected chi connectivity index (χ2v) is 7.58. The first-order chi connectivity index (χ1) is 14.0. The molecule has 0 fully saturated rings. The molecule has 0 saturated heterocycles. The van der Waals surface area contributed by atoms with Crippen LogP contribution in [-0.2, 0) is 20.7 Å². The largest absolute Gasteiger partial charge is 0.497 e. The molecule has 152 valence electrons. The molecule has 0 spiro atoms. The Morgan fingerprint density at radius 1 is 1.28 bits per heavy atom. The molecule has 2 aromatic carbocycles. The smallest absolute Gasteiger partial charge is 0.319 e. The zero-order valence-electron chi connectivity index (χ0n) is 16.8. The third-order valence-electron chi connectivity index (χ3n) is 5.86. The number of methoxy groups -OCH3 is 1. The standard InChI is InChI=1S/C23H24FNO4/c1-4-29-23(27)20-19(14-6-5-7-17(11-14)28-3)18-12-16(24)10-15-9-8-13(2)25(21(15)18)22(20)26/h5-7,10-13,19-20H,4,8-9H2,1-3H3. The monoisotopic (exact) mass is 397 g/mol. The van der Waals surface area contributed by atoms with Crippen LogP contribution in [0.2, 0.25) is 0 Å². The number of ether oxygens (including phenoxy) is 2. The van der Waals surface area contributed by atoms with Gasteiger partial charge in [-0.05, 0) is 67.6 Å². The van der Waals surface area contributed by atoms with Gasteiger partial charge >= 0.3 is 5.97 Å². The van der Waals surface area contributed by atoms with Gasteiger partial charge in [0.2, 0.25) is 5.91 Å². The summed E-state index contributed by atoms with van der Waals surface area (Å²) in [6, 6.07) is 10.1. The number of esters is 1. The van der Waals surface area contributed by atoms with Crippen LogP contribution in [0.25, 0.3) is 0 Å². The summed E-state index contributed by atoms with van der Waals surface area (Å²) < 4.78 is 25.2. The van der Waals surface area contributed by atoms with E-state index in [1.165, 1.54) is 12.1 Å². The molecule has 2 aliphatic heterocycles. The van der Waals surface area contributed by atoms with E-state index < -0.39 is 17.8 Å². The van der Waals surface area contributed by atoms with Crippen molar-refractivity contribution in [2.45, 2.75) is 38.6 Å². The van der Waals surface area contributed by atoms with Gasteiger partial charge in [0.05, 0.1) is 19.4 Å². The topological polar surface area (TPSA) is 55.8 Å². The highest BCUT2D eigenvalue weighted by atomic mass is 19.1. The van der Waals surface area contributed by atoms with Crippen molar-refractivity contribution < 1.29 is 23.5 Å². The van der Waals surface area contributed by atoms with Gasteiger partial charge < -0.3 is 14.4 Å². The lowest BCUT2D eigenvalue weighted by molar-refractivity contribution is -0.152. The number of hydrogen-bond acceptors (Lipinski definition) is 4. The van der Waals surface area contributed by atoms with E-state index in [0.29, 0.717) is 17.7 Å². The number of carbonyl (C=O) groups excluding carboxylic acids is 2. The maximum absolute atomic E-state index is 14.6. The van der Waals surface area contributed by atoms with Gasteiger partial charge in [0.25, 0.3) is 0 Å². The van der Waals surface area contributed by atoms with Gasteiger partial charge in [-0.25, -0.2) is 4.39 Å². The van der Waals surface area contributed by atoms with E-state index in [1.807, 2.05) is 19.1 Å². The molecule has 0 aliphatic carbocycles. The van der Waals surface area contributed by atoms with Crippen LogP contribution in [0, 0.1) is 11.7 Å². The Bertz CT molecular complexity index is 973. The molecule has 0 saturated carbocycles. The van der Waals surface area contributed by atoms with Gasteiger partial charge in [-0.1, -0.05) is 12.1 Å². The van der Waals surface area contributed by atoms with Gasteiger partial charge in [0.15, 0.2) is 0 Å². The highest BCUT2D eigenvalue weighted by Gasteiger charge is 2.49. The molecule has 0 N–H and O–H groups in total. The Hall–Kier alpha value is -2.89. The van der Waals surface area contributed by atoms with Gasteiger partial charge in [-0.3, -0.25) is 9.59 Å². The molecule has 1 amide bonds. The molecule has 3 atom stereocenters. The molecule has 4 rings (SSSR count). The second-order valence-electron chi connectivity index (χ2n) is 7.58. The van der Waals surface area contributed by atoms with Crippen molar-refractivity contribution in [1.82, 2.24) is 0 Å². The molecule has 5 nitrogen and oxygen atoms in total. The number of aryl methyl sites for hydroxylation is 1. The average molecular weight is 397 g/mol. The van der Waals surface area contributed by atoms with E-state index in [9.17, 15) is 14.0 Å². The zero-order chi connectivity index (χ0) is 20.7. The Kier molecular flexibility index (Phi) is 5.03. The highest BCUT2D eigenvalue weighted by Crippen LogP contribution is 2.49. The minimum absolute atomic E-state index is 0.0672. The van der Waals surface area contributed by atoms with Gasteiger partial charge in [0, 0.05) is 12.0 Å². The number of nitrogens with zero attached hydrogens (tertiary/aromatic N) is 1. The summed E-state index contributed by atoms with van der Waals surface area (Å²) in [6.07, 6.45) is 1.42. The number of halogens is 1. The molecule has 3 unspecified atom stereocenters. The summed E-state index contributed by atoms with van der Waals surface area (Å²) in [7, 11) is 1.56. The first-order valence-corrected chi connectivity index (χ1v) is 9.92. The molecule has 2 heterocycles. The number of rotatable bonds is 4. The first kappa shape index (κ1) is 19.4. The highest BCUT2D eigenvalue weighted by molar-refractivity contribution is 6.11. The van der Waals surface area contributed by atoms with E-state index in [1.54, 1.807) is 31.1 Å². The maximum Gasteiger partial charge on any atom is 0.319 e. The Morgan fingerprint density at radius 3 is 2.79 bits per heavy atom. The van der Waals surface area contributed by atoms with Crippen molar-refractivity contribution in [2.24, 2.45) is 5.92 Å².